The van der Waals surface area contributed by atoms with Gasteiger partial charge in [0, 0.05) is 12.0 Å². The summed E-state index contributed by atoms with van der Waals surface area (Å²) in [5.74, 6) is 1.31. The fraction of sp³-hybridized carbons (Fsp3) is 0.471. The predicted molar refractivity (Wildman–Crippen MR) is 92.7 cm³/mol. The lowest BCUT2D eigenvalue weighted by atomic mass is 9.96. The van der Waals surface area contributed by atoms with E-state index in [2.05, 4.69) is 14.9 Å². The number of carbonyl (C=O) groups excluding carboxylic acids is 1. The maximum atomic E-state index is 12.4. The average Bonchev–Trinajstić information content (AvgIpc) is 2.61. The number of nitrogens with two attached hydrogens (primary N) is 1. The normalized spacial score (nSPS) is 16.1. The Balaban J connectivity index is 1.83. The molecule has 1 saturated heterocycles. The van der Waals surface area contributed by atoms with Gasteiger partial charge in [-0.25, -0.2) is 4.98 Å². The van der Waals surface area contributed by atoms with Crippen molar-refractivity contribution >= 4 is 16.8 Å². The highest BCUT2D eigenvalue weighted by Gasteiger charge is 2.23. The number of nitrogens with one attached hydrogen (secondary N) is 1. The number of primary amides is 1. The zero-order valence-corrected chi connectivity index (χ0v) is 14.4. The van der Waals surface area contributed by atoms with Crippen LogP contribution in [0.5, 0.6) is 11.5 Å². The van der Waals surface area contributed by atoms with Crippen molar-refractivity contribution in [3.8, 4) is 11.5 Å². The van der Waals surface area contributed by atoms with Gasteiger partial charge in [-0.1, -0.05) is 0 Å². The van der Waals surface area contributed by atoms with Crippen LogP contribution in [-0.4, -0.2) is 48.1 Å². The summed E-state index contributed by atoms with van der Waals surface area (Å²) in [7, 11) is 3.07. The Kier molecular flexibility index (Phi) is 4.89. The standard InChI is InChI=1S/C17H22N4O4/c1-24-13-7-11-12(8-14(13)25-2)19-15(20-17(11)23)9-21-5-3-10(4-6-21)16(18)22/h7-8,10H,3-6,9H2,1-2H3,(H2,18,22)(H,19,20,23). The molecule has 0 aliphatic carbocycles. The monoisotopic (exact) mass is 346 g/mol. The molecule has 8 nitrogen and oxygen atoms in total. The molecule has 1 aromatic heterocycles. The molecule has 0 saturated carbocycles. The number of piperidine rings is 1. The number of H-pyrrole nitrogens is 1. The number of carbonyl (C=O) groups is 1. The Morgan fingerprint density at radius 1 is 1.28 bits per heavy atom. The molecular weight excluding hydrogens is 324 g/mol. The highest BCUT2D eigenvalue weighted by atomic mass is 16.5. The molecule has 0 unspecified atom stereocenters. The van der Waals surface area contributed by atoms with E-state index in [1.54, 1.807) is 19.2 Å². The smallest absolute Gasteiger partial charge is 0.258 e. The first kappa shape index (κ1) is 17.2. The largest absolute Gasteiger partial charge is 0.493 e. The van der Waals surface area contributed by atoms with Crippen LogP contribution in [0.25, 0.3) is 10.9 Å². The third kappa shape index (κ3) is 3.58. The van der Waals surface area contributed by atoms with Crippen LogP contribution in [0, 0.1) is 5.92 Å². The van der Waals surface area contributed by atoms with Crippen LogP contribution in [0.3, 0.4) is 0 Å². The summed E-state index contributed by atoms with van der Waals surface area (Å²) in [5, 5.41) is 0.453. The lowest BCUT2D eigenvalue weighted by Gasteiger charge is -2.29. The van der Waals surface area contributed by atoms with E-state index in [0.717, 1.165) is 25.9 Å². The number of aromatic nitrogens is 2. The summed E-state index contributed by atoms with van der Waals surface area (Å²) >= 11 is 0. The van der Waals surface area contributed by atoms with Gasteiger partial charge in [-0.3, -0.25) is 14.5 Å². The molecule has 1 amide bonds. The number of ether oxygens (including phenoxy) is 2. The van der Waals surface area contributed by atoms with Crippen molar-refractivity contribution in [3.05, 3.63) is 28.3 Å². The van der Waals surface area contributed by atoms with Gasteiger partial charge in [-0.2, -0.15) is 0 Å². The van der Waals surface area contributed by atoms with Crippen LogP contribution in [-0.2, 0) is 11.3 Å². The molecule has 3 N–H and O–H groups in total. The van der Waals surface area contributed by atoms with Gasteiger partial charge < -0.3 is 20.2 Å². The second kappa shape index (κ2) is 7.10. The number of likely N-dealkylation sites (tertiary alicyclic amines) is 1. The van der Waals surface area contributed by atoms with Crippen molar-refractivity contribution < 1.29 is 14.3 Å². The Morgan fingerprint density at radius 3 is 2.52 bits per heavy atom. The average molecular weight is 346 g/mol. The molecule has 0 radical (unpaired) electrons. The van der Waals surface area contributed by atoms with Gasteiger partial charge in [0.05, 0.1) is 31.7 Å². The molecule has 25 heavy (non-hydrogen) atoms. The number of methoxy groups -OCH3 is 2. The summed E-state index contributed by atoms with van der Waals surface area (Å²) in [6.45, 7) is 2.02. The van der Waals surface area contributed by atoms with Crippen LogP contribution in [0.2, 0.25) is 0 Å². The highest BCUT2D eigenvalue weighted by molar-refractivity contribution is 5.81. The second-order valence-electron chi connectivity index (χ2n) is 6.19. The maximum Gasteiger partial charge on any atom is 0.258 e. The molecule has 3 rings (SSSR count). The van der Waals surface area contributed by atoms with Crippen LogP contribution in [0.1, 0.15) is 18.7 Å². The Morgan fingerprint density at radius 2 is 1.92 bits per heavy atom. The minimum Gasteiger partial charge on any atom is -0.493 e. The molecule has 1 fully saturated rings. The van der Waals surface area contributed by atoms with E-state index in [0.29, 0.717) is 34.8 Å². The molecule has 0 spiro atoms. The first-order valence-electron chi connectivity index (χ1n) is 8.18. The number of aromatic amines is 1. The summed E-state index contributed by atoms with van der Waals surface area (Å²) in [4.78, 5) is 33.1. The lowest BCUT2D eigenvalue weighted by Crippen LogP contribution is -2.38. The number of nitrogens with zero attached hydrogens (tertiary/aromatic N) is 2. The van der Waals surface area contributed by atoms with Crippen LogP contribution in [0.15, 0.2) is 16.9 Å². The van der Waals surface area contributed by atoms with Gasteiger partial charge in [0.1, 0.15) is 5.82 Å². The van der Waals surface area contributed by atoms with Crippen molar-refractivity contribution in [2.24, 2.45) is 11.7 Å². The summed E-state index contributed by atoms with van der Waals surface area (Å²) in [5.41, 5.74) is 5.70. The maximum absolute atomic E-state index is 12.4. The SMILES string of the molecule is COc1cc2nc(CN3CCC(C(N)=O)CC3)[nH]c(=O)c2cc1OC. The number of hydrogen-bond donors (Lipinski definition) is 2. The summed E-state index contributed by atoms with van der Waals surface area (Å²) in [6.07, 6.45) is 1.47. The van der Waals surface area contributed by atoms with Crippen LogP contribution in [0.4, 0.5) is 0 Å². The van der Waals surface area contributed by atoms with Crippen molar-refractivity contribution in [2.45, 2.75) is 19.4 Å². The van der Waals surface area contributed by atoms with Crippen molar-refractivity contribution in [2.75, 3.05) is 27.3 Å². The Bertz CT molecular complexity index is 840. The molecule has 8 heteroatoms. The molecule has 0 bridgehead atoms. The first-order chi connectivity index (χ1) is 12.0. The molecule has 0 atom stereocenters. The molecule has 1 aromatic carbocycles. The number of fused-ring (bicyclic) bond motifs is 1. The van der Waals surface area contributed by atoms with E-state index in [-0.39, 0.29) is 17.4 Å². The van der Waals surface area contributed by atoms with Crippen molar-refractivity contribution in [1.82, 2.24) is 14.9 Å². The van der Waals surface area contributed by atoms with E-state index in [1.807, 2.05) is 0 Å². The van der Waals surface area contributed by atoms with Crippen molar-refractivity contribution in [1.29, 1.82) is 0 Å². The van der Waals surface area contributed by atoms with E-state index in [1.165, 1.54) is 7.11 Å². The first-order valence-corrected chi connectivity index (χ1v) is 8.18. The Labute approximate surface area is 144 Å². The van der Waals surface area contributed by atoms with Gasteiger partial charge in [0.15, 0.2) is 11.5 Å². The van der Waals surface area contributed by atoms with Gasteiger partial charge in [-0.05, 0) is 32.0 Å². The Hall–Kier alpha value is -2.61. The third-order valence-corrected chi connectivity index (χ3v) is 4.62. The van der Waals surface area contributed by atoms with Gasteiger partial charge in [-0.15, -0.1) is 0 Å². The third-order valence-electron chi connectivity index (χ3n) is 4.62. The lowest BCUT2D eigenvalue weighted by molar-refractivity contribution is -0.123. The van der Waals surface area contributed by atoms with Gasteiger partial charge in [0.25, 0.3) is 5.56 Å². The highest BCUT2D eigenvalue weighted by Crippen LogP contribution is 2.30. The number of benzene rings is 1. The van der Waals surface area contributed by atoms with E-state index >= 15 is 0 Å². The zero-order chi connectivity index (χ0) is 18.0. The van der Waals surface area contributed by atoms with E-state index in [9.17, 15) is 9.59 Å². The molecule has 1 aliphatic heterocycles. The zero-order valence-electron chi connectivity index (χ0n) is 14.4. The molecule has 2 aromatic rings. The van der Waals surface area contributed by atoms with Crippen LogP contribution >= 0.6 is 0 Å². The van der Waals surface area contributed by atoms with E-state index in [4.69, 9.17) is 15.2 Å². The topological polar surface area (TPSA) is 111 Å². The molecule has 1 aliphatic rings. The fourth-order valence-corrected chi connectivity index (χ4v) is 3.18. The molecule has 134 valence electrons. The predicted octanol–water partition coefficient (Wildman–Crippen LogP) is 0.638. The number of hydrogen-bond acceptors (Lipinski definition) is 6. The van der Waals surface area contributed by atoms with Gasteiger partial charge >= 0.3 is 0 Å². The fourth-order valence-electron chi connectivity index (χ4n) is 3.18. The summed E-state index contributed by atoms with van der Waals surface area (Å²) < 4.78 is 10.5. The number of amides is 1. The minimum absolute atomic E-state index is 0.0587. The second-order valence-corrected chi connectivity index (χ2v) is 6.19. The van der Waals surface area contributed by atoms with Crippen LogP contribution < -0.4 is 20.8 Å². The summed E-state index contributed by atoms with van der Waals surface area (Å²) in [6, 6.07) is 3.33. The molecular formula is C17H22N4O4. The van der Waals surface area contributed by atoms with Crippen molar-refractivity contribution in [3.63, 3.8) is 0 Å². The molecule has 2 heterocycles. The number of rotatable bonds is 5. The van der Waals surface area contributed by atoms with E-state index < -0.39 is 0 Å². The van der Waals surface area contributed by atoms with Gasteiger partial charge in [0.2, 0.25) is 5.91 Å². The minimum atomic E-state index is -0.238. The quantitative estimate of drug-likeness (QED) is 0.822.